The molecule has 0 saturated carbocycles. The standard InChI is InChI=1S/C18H16N2OS/c1-2-11-22-17-10-6-5-9-15(17)20-18(21)16-12-13-7-3-4-8-14(13)19-16/h2-10,12,19H,1,11H2,(H,20,21). The zero-order valence-corrected chi connectivity index (χ0v) is 12.8. The van der Waals surface area contributed by atoms with E-state index in [4.69, 9.17) is 0 Å². The molecule has 2 N–H and O–H groups in total. The van der Waals surface area contributed by atoms with Crippen LogP contribution in [0.4, 0.5) is 5.69 Å². The molecule has 3 aromatic rings. The fraction of sp³-hybridized carbons (Fsp3) is 0.0556. The predicted molar refractivity (Wildman–Crippen MR) is 93.6 cm³/mol. The smallest absolute Gasteiger partial charge is 0.272 e. The molecule has 22 heavy (non-hydrogen) atoms. The number of thioether (sulfide) groups is 1. The Morgan fingerprint density at radius 2 is 1.95 bits per heavy atom. The highest BCUT2D eigenvalue weighted by molar-refractivity contribution is 7.99. The lowest BCUT2D eigenvalue weighted by Crippen LogP contribution is -2.12. The molecule has 0 fully saturated rings. The Labute approximate surface area is 133 Å². The monoisotopic (exact) mass is 308 g/mol. The molecule has 0 aliphatic carbocycles. The Morgan fingerprint density at radius 1 is 1.18 bits per heavy atom. The first kappa shape index (κ1) is 14.5. The third kappa shape index (κ3) is 3.07. The number of carbonyl (C=O) groups excluding carboxylic acids is 1. The molecule has 0 spiro atoms. The lowest BCUT2D eigenvalue weighted by molar-refractivity contribution is 0.102. The number of hydrogen-bond donors (Lipinski definition) is 2. The van der Waals surface area contributed by atoms with Crippen molar-refractivity contribution in [2.24, 2.45) is 0 Å². The number of fused-ring (bicyclic) bond motifs is 1. The Kier molecular flexibility index (Phi) is 4.30. The number of aromatic nitrogens is 1. The second-order valence-electron chi connectivity index (χ2n) is 4.82. The average molecular weight is 308 g/mol. The van der Waals surface area contributed by atoms with Gasteiger partial charge < -0.3 is 10.3 Å². The van der Waals surface area contributed by atoms with Crippen molar-refractivity contribution in [3.05, 3.63) is 72.9 Å². The molecule has 0 bridgehead atoms. The zero-order chi connectivity index (χ0) is 15.4. The first-order chi connectivity index (χ1) is 10.8. The lowest BCUT2D eigenvalue weighted by Gasteiger charge is -2.09. The van der Waals surface area contributed by atoms with Crippen LogP contribution in [0.25, 0.3) is 10.9 Å². The topological polar surface area (TPSA) is 44.9 Å². The Bertz CT molecular complexity index is 790. The summed E-state index contributed by atoms with van der Waals surface area (Å²) in [4.78, 5) is 16.6. The van der Waals surface area contributed by atoms with Gasteiger partial charge >= 0.3 is 0 Å². The summed E-state index contributed by atoms with van der Waals surface area (Å²) in [5.74, 6) is 0.669. The maximum atomic E-state index is 12.4. The lowest BCUT2D eigenvalue weighted by atomic mass is 10.2. The van der Waals surface area contributed by atoms with Crippen LogP contribution < -0.4 is 5.32 Å². The summed E-state index contributed by atoms with van der Waals surface area (Å²) in [7, 11) is 0. The van der Waals surface area contributed by atoms with E-state index >= 15 is 0 Å². The van der Waals surface area contributed by atoms with Crippen LogP contribution in [-0.2, 0) is 0 Å². The third-order valence-electron chi connectivity index (χ3n) is 3.27. The molecule has 2 aromatic carbocycles. The van der Waals surface area contributed by atoms with Crippen molar-refractivity contribution < 1.29 is 4.79 Å². The number of anilines is 1. The van der Waals surface area contributed by atoms with Gasteiger partial charge in [0.15, 0.2) is 0 Å². The number of nitrogens with one attached hydrogen (secondary N) is 2. The summed E-state index contributed by atoms with van der Waals surface area (Å²) >= 11 is 1.65. The van der Waals surface area contributed by atoms with E-state index in [1.165, 1.54) is 0 Å². The number of aromatic amines is 1. The first-order valence-corrected chi connectivity index (χ1v) is 7.98. The number of H-pyrrole nitrogens is 1. The molecule has 3 nitrogen and oxygen atoms in total. The Morgan fingerprint density at radius 3 is 2.77 bits per heavy atom. The van der Waals surface area contributed by atoms with Gasteiger partial charge in [-0.3, -0.25) is 4.79 Å². The minimum Gasteiger partial charge on any atom is -0.351 e. The molecule has 0 saturated heterocycles. The number of hydrogen-bond acceptors (Lipinski definition) is 2. The highest BCUT2D eigenvalue weighted by Gasteiger charge is 2.11. The van der Waals surface area contributed by atoms with Crippen LogP contribution in [0, 0.1) is 0 Å². The van der Waals surface area contributed by atoms with E-state index in [0.717, 1.165) is 27.2 Å². The maximum Gasteiger partial charge on any atom is 0.272 e. The SMILES string of the molecule is C=CCSc1ccccc1NC(=O)c1cc2ccccc2[nH]1. The van der Waals surface area contributed by atoms with Gasteiger partial charge in [0.05, 0.1) is 5.69 Å². The highest BCUT2D eigenvalue weighted by atomic mass is 32.2. The number of benzene rings is 2. The molecular weight excluding hydrogens is 292 g/mol. The van der Waals surface area contributed by atoms with Gasteiger partial charge in [-0.15, -0.1) is 18.3 Å². The normalized spacial score (nSPS) is 10.5. The van der Waals surface area contributed by atoms with Crippen LogP contribution in [0.3, 0.4) is 0 Å². The van der Waals surface area contributed by atoms with E-state index in [1.54, 1.807) is 11.8 Å². The molecule has 0 atom stereocenters. The Balaban J connectivity index is 1.83. The van der Waals surface area contributed by atoms with Crippen molar-refractivity contribution in [3.8, 4) is 0 Å². The van der Waals surface area contributed by atoms with Crippen molar-refractivity contribution in [2.75, 3.05) is 11.1 Å². The van der Waals surface area contributed by atoms with Crippen molar-refractivity contribution in [3.63, 3.8) is 0 Å². The molecule has 0 radical (unpaired) electrons. The van der Waals surface area contributed by atoms with Gasteiger partial charge in [0.25, 0.3) is 5.91 Å². The van der Waals surface area contributed by atoms with Crippen molar-refractivity contribution in [2.45, 2.75) is 4.90 Å². The fourth-order valence-electron chi connectivity index (χ4n) is 2.23. The largest absolute Gasteiger partial charge is 0.351 e. The van der Waals surface area contributed by atoms with Crippen LogP contribution in [0.2, 0.25) is 0 Å². The summed E-state index contributed by atoms with van der Waals surface area (Å²) < 4.78 is 0. The van der Waals surface area contributed by atoms with E-state index in [1.807, 2.05) is 60.7 Å². The molecule has 0 aliphatic rings. The second kappa shape index (κ2) is 6.54. The van der Waals surface area contributed by atoms with Crippen molar-refractivity contribution in [1.29, 1.82) is 0 Å². The summed E-state index contributed by atoms with van der Waals surface area (Å²) in [5.41, 5.74) is 2.34. The second-order valence-corrected chi connectivity index (χ2v) is 5.88. The van der Waals surface area contributed by atoms with Crippen molar-refractivity contribution in [1.82, 2.24) is 4.98 Å². The van der Waals surface area contributed by atoms with Crippen LogP contribution in [-0.4, -0.2) is 16.6 Å². The van der Waals surface area contributed by atoms with Crippen LogP contribution in [0.1, 0.15) is 10.5 Å². The summed E-state index contributed by atoms with van der Waals surface area (Å²) in [6.07, 6.45) is 1.85. The van der Waals surface area contributed by atoms with Gasteiger partial charge in [0.1, 0.15) is 5.69 Å². The van der Waals surface area contributed by atoms with Crippen molar-refractivity contribution >= 4 is 34.3 Å². The van der Waals surface area contributed by atoms with Gasteiger partial charge in [-0.2, -0.15) is 0 Å². The highest BCUT2D eigenvalue weighted by Crippen LogP contribution is 2.27. The molecular formula is C18H16N2OS. The molecule has 3 rings (SSSR count). The average Bonchev–Trinajstić information content (AvgIpc) is 2.98. The van der Waals surface area contributed by atoms with Gasteiger partial charge in [-0.1, -0.05) is 36.4 Å². The molecule has 1 heterocycles. The zero-order valence-electron chi connectivity index (χ0n) is 12.0. The molecule has 1 amide bonds. The van der Waals surface area contributed by atoms with Crippen LogP contribution in [0.15, 0.2) is 72.1 Å². The number of amides is 1. The molecule has 4 heteroatoms. The van der Waals surface area contributed by atoms with E-state index in [0.29, 0.717) is 5.69 Å². The fourth-order valence-corrected chi connectivity index (χ4v) is 2.98. The van der Waals surface area contributed by atoms with Crippen LogP contribution >= 0.6 is 11.8 Å². The minimum absolute atomic E-state index is 0.136. The molecule has 110 valence electrons. The molecule has 0 aliphatic heterocycles. The third-order valence-corrected chi connectivity index (χ3v) is 4.34. The van der Waals surface area contributed by atoms with Gasteiger partial charge in [0, 0.05) is 21.6 Å². The van der Waals surface area contributed by atoms with Gasteiger partial charge in [0.2, 0.25) is 0 Å². The quantitative estimate of drug-likeness (QED) is 0.530. The minimum atomic E-state index is -0.136. The van der Waals surface area contributed by atoms with Gasteiger partial charge in [-0.25, -0.2) is 0 Å². The maximum absolute atomic E-state index is 12.4. The summed E-state index contributed by atoms with van der Waals surface area (Å²) in [6.45, 7) is 3.73. The Hall–Kier alpha value is -2.46. The number of para-hydroxylation sites is 2. The van der Waals surface area contributed by atoms with E-state index in [2.05, 4.69) is 16.9 Å². The summed E-state index contributed by atoms with van der Waals surface area (Å²) in [6, 6.07) is 17.5. The van der Waals surface area contributed by atoms with E-state index < -0.39 is 0 Å². The molecule has 1 aromatic heterocycles. The van der Waals surface area contributed by atoms with E-state index in [-0.39, 0.29) is 5.91 Å². The predicted octanol–water partition coefficient (Wildman–Crippen LogP) is 4.70. The number of rotatable bonds is 5. The first-order valence-electron chi connectivity index (χ1n) is 7.00. The van der Waals surface area contributed by atoms with Crippen LogP contribution in [0.5, 0.6) is 0 Å². The summed E-state index contributed by atoms with van der Waals surface area (Å²) in [5, 5.41) is 4.00. The van der Waals surface area contributed by atoms with E-state index in [9.17, 15) is 4.79 Å². The number of carbonyl (C=O) groups is 1. The molecule has 0 unspecified atom stereocenters. The van der Waals surface area contributed by atoms with Gasteiger partial charge in [-0.05, 0) is 24.3 Å².